The molecule has 1 aromatic rings. The van der Waals surface area contributed by atoms with Crippen LogP contribution in [0, 0.1) is 17.5 Å². The van der Waals surface area contributed by atoms with E-state index in [4.69, 9.17) is 0 Å². The molecule has 0 bridgehead atoms. The predicted molar refractivity (Wildman–Crippen MR) is 91.7 cm³/mol. The van der Waals surface area contributed by atoms with Crippen LogP contribution in [0.3, 0.4) is 0 Å². The number of anilines is 1. The molecular formula is C17H17F3N4O5. The highest BCUT2D eigenvalue weighted by Crippen LogP contribution is 2.19. The van der Waals surface area contributed by atoms with Crippen molar-refractivity contribution in [3.8, 4) is 0 Å². The van der Waals surface area contributed by atoms with Gasteiger partial charge in [-0.2, -0.15) is 0 Å². The summed E-state index contributed by atoms with van der Waals surface area (Å²) in [6.45, 7) is 0.370. The molecule has 2 N–H and O–H groups in total. The Bertz CT molecular complexity index is 877. The summed E-state index contributed by atoms with van der Waals surface area (Å²) in [5.41, 5.74) is -0.634. The molecule has 29 heavy (non-hydrogen) atoms. The molecule has 156 valence electrons. The molecule has 0 saturated carbocycles. The van der Waals surface area contributed by atoms with Crippen molar-refractivity contribution in [2.45, 2.75) is 19.8 Å². The number of rotatable bonds is 8. The van der Waals surface area contributed by atoms with E-state index in [9.17, 15) is 37.1 Å². The van der Waals surface area contributed by atoms with Crippen LogP contribution in [-0.2, 0) is 19.2 Å². The van der Waals surface area contributed by atoms with Crippen LogP contribution in [0.1, 0.15) is 19.8 Å². The largest absolute Gasteiger partial charge is 0.345 e. The van der Waals surface area contributed by atoms with Crippen LogP contribution in [0.5, 0.6) is 0 Å². The van der Waals surface area contributed by atoms with E-state index in [1.807, 2.05) is 12.2 Å². The maximum absolute atomic E-state index is 13.5. The fourth-order valence-corrected chi connectivity index (χ4v) is 2.40. The van der Waals surface area contributed by atoms with Gasteiger partial charge in [0, 0.05) is 6.54 Å². The standard InChI is InChI=1S/C17H17F3N4O5/c1-2-3-6-23-15(27)16(28)24(17(23)29)8-12(26)21-7-11(25)22-10-5-4-9(18)13(19)14(10)20/h4-5H,2-3,6-8H2,1H3,(H,21,26)(H,22,25). The van der Waals surface area contributed by atoms with E-state index in [0.29, 0.717) is 23.8 Å². The summed E-state index contributed by atoms with van der Waals surface area (Å²) in [5.74, 6) is -8.91. The number of benzene rings is 1. The molecule has 1 heterocycles. The highest BCUT2D eigenvalue weighted by molar-refractivity contribution is 6.45. The lowest BCUT2D eigenvalue weighted by Crippen LogP contribution is -2.43. The van der Waals surface area contributed by atoms with E-state index in [-0.39, 0.29) is 6.54 Å². The van der Waals surface area contributed by atoms with E-state index in [0.717, 1.165) is 11.0 Å². The molecule has 0 atom stereocenters. The van der Waals surface area contributed by atoms with Crippen LogP contribution in [0.15, 0.2) is 12.1 Å². The molecule has 0 unspecified atom stereocenters. The zero-order valence-electron chi connectivity index (χ0n) is 15.3. The van der Waals surface area contributed by atoms with Crippen molar-refractivity contribution in [3.05, 3.63) is 29.6 Å². The number of unbranched alkanes of at least 4 members (excludes halogenated alkanes) is 1. The number of nitrogens with one attached hydrogen (secondary N) is 2. The van der Waals surface area contributed by atoms with Crippen molar-refractivity contribution < 1.29 is 37.1 Å². The minimum absolute atomic E-state index is 0.0419. The van der Waals surface area contributed by atoms with Gasteiger partial charge in [-0.25, -0.2) is 22.9 Å². The summed E-state index contributed by atoms with van der Waals surface area (Å²) in [6.07, 6.45) is 1.17. The Morgan fingerprint density at radius 3 is 2.28 bits per heavy atom. The lowest BCUT2D eigenvalue weighted by Gasteiger charge is -2.15. The molecule has 1 fully saturated rings. The molecule has 6 amide bonds. The Labute approximate surface area is 162 Å². The molecule has 1 aromatic carbocycles. The minimum Gasteiger partial charge on any atom is -0.345 e. The third-order valence-corrected chi connectivity index (χ3v) is 3.93. The van der Waals surface area contributed by atoms with Gasteiger partial charge in [0.2, 0.25) is 11.8 Å². The number of halogens is 3. The zero-order valence-corrected chi connectivity index (χ0v) is 15.3. The van der Waals surface area contributed by atoms with Gasteiger partial charge in [0.05, 0.1) is 12.2 Å². The maximum atomic E-state index is 13.5. The summed E-state index contributed by atoms with van der Waals surface area (Å²) in [4.78, 5) is 60.5. The normalized spacial score (nSPS) is 13.9. The number of hydrogen-bond acceptors (Lipinski definition) is 5. The molecule has 0 aromatic heterocycles. The second-order valence-corrected chi connectivity index (χ2v) is 6.03. The lowest BCUT2D eigenvalue weighted by atomic mass is 10.2. The molecule has 1 aliphatic heterocycles. The first-order valence-corrected chi connectivity index (χ1v) is 8.54. The molecule has 1 aliphatic rings. The molecule has 9 nitrogen and oxygen atoms in total. The van der Waals surface area contributed by atoms with E-state index in [1.165, 1.54) is 0 Å². The number of imide groups is 2. The maximum Gasteiger partial charge on any atom is 0.334 e. The number of carbonyl (C=O) groups is 5. The second-order valence-electron chi connectivity index (χ2n) is 6.03. The third-order valence-electron chi connectivity index (χ3n) is 3.93. The van der Waals surface area contributed by atoms with E-state index in [2.05, 4.69) is 5.32 Å². The van der Waals surface area contributed by atoms with Crippen molar-refractivity contribution >= 4 is 35.3 Å². The van der Waals surface area contributed by atoms with Crippen LogP contribution in [0.4, 0.5) is 23.7 Å². The molecule has 0 spiro atoms. The van der Waals surface area contributed by atoms with E-state index < -0.39 is 65.9 Å². The second kappa shape index (κ2) is 9.17. The first kappa shape index (κ1) is 21.9. The Kier molecular flexibility index (Phi) is 6.91. The van der Waals surface area contributed by atoms with Gasteiger partial charge in [0.1, 0.15) is 6.54 Å². The van der Waals surface area contributed by atoms with Gasteiger partial charge >= 0.3 is 17.8 Å². The van der Waals surface area contributed by atoms with Crippen molar-refractivity contribution in [1.29, 1.82) is 0 Å². The van der Waals surface area contributed by atoms with E-state index in [1.54, 1.807) is 0 Å². The molecule has 0 aliphatic carbocycles. The van der Waals surface area contributed by atoms with Crippen LogP contribution in [-0.4, -0.2) is 59.1 Å². The third kappa shape index (κ3) is 4.89. The van der Waals surface area contributed by atoms with Crippen LogP contribution < -0.4 is 10.6 Å². The minimum atomic E-state index is -1.77. The predicted octanol–water partition coefficient (Wildman–Crippen LogP) is 0.749. The van der Waals surface area contributed by atoms with Gasteiger partial charge in [0.25, 0.3) is 0 Å². The van der Waals surface area contributed by atoms with Crippen LogP contribution >= 0.6 is 0 Å². The molecule has 1 saturated heterocycles. The quantitative estimate of drug-likeness (QED) is 0.370. The number of urea groups is 1. The van der Waals surface area contributed by atoms with Crippen molar-refractivity contribution in [2.24, 2.45) is 0 Å². The first-order valence-electron chi connectivity index (χ1n) is 8.54. The molecular weight excluding hydrogens is 397 g/mol. The first-order chi connectivity index (χ1) is 13.7. The average molecular weight is 414 g/mol. The molecule has 0 radical (unpaired) electrons. The Morgan fingerprint density at radius 1 is 0.966 bits per heavy atom. The number of amides is 6. The summed E-state index contributed by atoms with van der Waals surface area (Å²) in [7, 11) is 0. The number of nitrogens with zero attached hydrogens (tertiary/aromatic N) is 2. The van der Waals surface area contributed by atoms with Crippen molar-refractivity contribution in [1.82, 2.24) is 15.1 Å². The Hall–Kier alpha value is -3.44. The lowest BCUT2D eigenvalue weighted by molar-refractivity contribution is -0.144. The fourth-order valence-electron chi connectivity index (χ4n) is 2.40. The van der Waals surface area contributed by atoms with Gasteiger partial charge in [-0.1, -0.05) is 13.3 Å². The van der Waals surface area contributed by atoms with Gasteiger partial charge in [0.15, 0.2) is 17.5 Å². The summed E-state index contributed by atoms with van der Waals surface area (Å²) < 4.78 is 39.5. The number of hydrogen-bond donors (Lipinski definition) is 2. The van der Waals surface area contributed by atoms with Crippen molar-refractivity contribution in [3.63, 3.8) is 0 Å². The monoisotopic (exact) mass is 414 g/mol. The van der Waals surface area contributed by atoms with Crippen LogP contribution in [0.2, 0.25) is 0 Å². The molecule has 12 heteroatoms. The zero-order chi connectivity index (χ0) is 21.7. The van der Waals surface area contributed by atoms with Crippen LogP contribution in [0.25, 0.3) is 0 Å². The van der Waals surface area contributed by atoms with Gasteiger partial charge in [-0.15, -0.1) is 0 Å². The smallest absolute Gasteiger partial charge is 0.334 e. The Morgan fingerprint density at radius 2 is 1.62 bits per heavy atom. The summed E-state index contributed by atoms with van der Waals surface area (Å²) >= 11 is 0. The number of carbonyl (C=O) groups excluding carboxylic acids is 5. The van der Waals surface area contributed by atoms with Gasteiger partial charge in [-0.05, 0) is 18.6 Å². The van der Waals surface area contributed by atoms with Gasteiger partial charge < -0.3 is 10.6 Å². The SMILES string of the molecule is CCCCN1C(=O)C(=O)N(CC(=O)NCC(=O)Nc2ccc(F)c(F)c2F)C1=O. The summed E-state index contributed by atoms with van der Waals surface area (Å²) in [5, 5.41) is 4.01. The fraction of sp³-hybridized carbons (Fsp3) is 0.353. The average Bonchev–Trinajstić information content (AvgIpc) is 2.88. The topological polar surface area (TPSA) is 116 Å². The van der Waals surface area contributed by atoms with E-state index >= 15 is 0 Å². The summed E-state index contributed by atoms with van der Waals surface area (Å²) in [6, 6.07) is 0.473. The highest BCUT2D eigenvalue weighted by Gasteiger charge is 2.44. The molecule has 2 rings (SSSR count). The highest BCUT2D eigenvalue weighted by atomic mass is 19.2. The van der Waals surface area contributed by atoms with Gasteiger partial charge in [-0.3, -0.25) is 24.1 Å². The Balaban J connectivity index is 1.89. The van der Waals surface area contributed by atoms with Crippen molar-refractivity contribution in [2.75, 3.05) is 25.0 Å².